The molecule has 1 fully saturated rings. The quantitative estimate of drug-likeness (QED) is 0.858. The van der Waals surface area contributed by atoms with Gasteiger partial charge in [-0.25, -0.2) is 14.8 Å². The van der Waals surface area contributed by atoms with Crippen molar-refractivity contribution in [3.05, 3.63) is 16.3 Å². The van der Waals surface area contributed by atoms with E-state index in [1.165, 1.54) is 23.3 Å². The number of anilines is 1. The summed E-state index contributed by atoms with van der Waals surface area (Å²) in [6, 6.07) is 0.0261. The minimum absolute atomic E-state index is 0.0261. The van der Waals surface area contributed by atoms with Crippen LogP contribution in [0.3, 0.4) is 0 Å². The topological polar surface area (TPSA) is 87.4 Å². The molecule has 0 bridgehead atoms. The van der Waals surface area contributed by atoms with Gasteiger partial charge in [-0.3, -0.25) is 4.90 Å². The highest BCUT2D eigenvalue weighted by molar-refractivity contribution is 7.19. The third-order valence-electron chi connectivity index (χ3n) is 5.24. The molecule has 1 aliphatic carbocycles. The molecule has 8 heteroatoms. The van der Waals surface area contributed by atoms with E-state index in [0.717, 1.165) is 55.1 Å². The van der Waals surface area contributed by atoms with E-state index >= 15 is 0 Å². The van der Waals surface area contributed by atoms with Crippen molar-refractivity contribution >= 4 is 33.4 Å². The number of rotatable bonds is 3. The molecule has 1 saturated heterocycles. The predicted molar refractivity (Wildman–Crippen MR) is 104 cm³/mol. The number of aryl methyl sites for hydroxylation is 2. The number of fused-ring (bicyclic) bond motifs is 3. The maximum Gasteiger partial charge on any atom is 0.317 e. The molecule has 2 aromatic heterocycles. The molecule has 1 aliphatic heterocycles. The molecule has 140 valence electrons. The van der Waals surface area contributed by atoms with Gasteiger partial charge >= 0.3 is 6.03 Å². The minimum atomic E-state index is 0.0261. The molecule has 0 unspecified atom stereocenters. The van der Waals surface area contributed by atoms with Crippen molar-refractivity contribution in [2.45, 2.75) is 39.2 Å². The highest BCUT2D eigenvalue weighted by Crippen LogP contribution is 2.37. The molecular formula is C18H26N6OS. The van der Waals surface area contributed by atoms with Gasteiger partial charge in [-0.15, -0.1) is 11.3 Å². The van der Waals surface area contributed by atoms with Crippen LogP contribution in [0.5, 0.6) is 0 Å². The highest BCUT2D eigenvalue weighted by Gasteiger charge is 2.23. The van der Waals surface area contributed by atoms with Crippen LogP contribution in [-0.2, 0) is 19.4 Å². The summed E-state index contributed by atoms with van der Waals surface area (Å²) in [6.07, 6.45) is 4.74. The second-order valence-corrected chi connectivity index (χ2v) is 8.10. The van der Waals surface area contributed by atoms with Crippen molar-refractivity contribution in [1.82, 2.24) is 25.1 Å². The summed E-state index contributed by atoms with van der Waals surface area (Å²) in [7, 11) is 0. The standard InChI is InChI=1S/C18H26N6OS/c1-2-20-18(25)24-9-7-23(8-10-24)11-14-21-16(19)15-12-5-3-4-6-13(12)26-17(15)22-14/h2-11H2,1H3,(H,20,25)(H2,19,21,22). The first-order valence-corrected chi connectivity index (χ1v) is 10.3. The van der Waals surface area contributed by atoms with Gasteiger partial charge in [-0.05, 0) is 38.2 Å². The number of aromatic nitrogens is 2. The Morgan fingerprint density at radius 3 is 2.73 bits per heavy atom. The maximum atomic E-state index is 11.9. The summed E-state index contributed by atoms with van der Waals surface area (Å²) in [5.74, 6) is 1.42. The molecule has 0 radical (unpaired) electrons. The van der Waals surface area contributed by atoms with E-state index in [0.29, 0.717) is 18.9 Å². The molecule has 26 heavy (non-hydrogen) atoms. The van der Waals surface area contributed by atoms with E-state index in [4.69, 9.17) is 10.7 Å². The van der Waals surface area contributed by atoms with Crippen LogP contribution < -0.4 is 11.1 Å². The summed E-state index contributed by atoms with van der Waals surface area (Å²) in [5.41, 5.74) is 7.69. The van der Waals surface area contributed by atoms with Crippen molar-refractivity contribution in [1.29, 1.82) is 0 Å². The molecule has 3 N–H and O–H groups in total. The fourth-order valence-corrected chi connectivity index (χ4v) is 5.16. The average molecular weight is 375 g/mol. The number of nitrogens with zero attached hydrogens (tertiary/aromatic N) is 4. The Bertz CT molecular complexity index is 812. The largest absolute Gasteiger partial charge is 0.383 e. The van der Waals surface area contributed by atoms with Gasteiger partial charge in [-0.2, -0.15) is 0 Å². The molecule has 2 amide bonds. The Morgan fingerprint density at radius 1 is 1.19 bits per heavy atom. The molecule has 7 nitrogen and oxygen atoms in total. The van der Waals surface area contributed by atoms with Crippen molar-refractivity contribution in [3.8, 4) is 0 Å². The van der Waals surface area contributed by atoms with Gasteiger partial charge in [-0.1, -0.05) is 0 Å². The van der Waals surface area contributed by atoms with Crippen LogP contribution in [0.25, 0.3) is 10.2 Å². The Labute approximate surface area is 157 Å². The van der Waals surface area contributed by atoms with E-state index in [1.807, 2.05) is 11.8 Å². The van der Waals surface area contributed by atoms with Crippen molar-refractivity contribution in [2.75, 3.05) is 38.5 Å². The van der Waals surface area contributed by atoms with Gasteiger partial charge in [0.15, 0.2) is 0 Å². The molecular weight excluding hydrogens is 348 g/mol. The zero-order valence-electron chi connectivity index (χ0n) is 15.3. The molecule has 2 aromatic rings. The summed E-state index contributed by atoms with van der Waals surface area (Å²) in [5, 5.41) is 3.95. The fraction of sp³-hybridized carbons (Fsp3) is 0.611. The maximum absolute atomic E-state index is 11.9. The monoisotopic (exact) mass is 374 g/mol. The average Bonchev–Trinajstić information content (AvgIpc) is 3.01. The van der Waals surface area contributed by atoms with Gasteiger partial charge < -0.3 is 16.0 Å². The number of hydrogen-bond acceptors (Lipinski definition) is 6. The van der Waals surface area contributed by atoms with Crippen LogP contribution in [-0.4, -0.2) is 58.5 Å². The lowest BCUT2D eigenvalue weighted by molar-refractivity contribution is 0.134. The number of piperazine rings is 1. The lowest BCUT2D eigenvalue weighted by atomic mass is 9.97. The summed E-state index contributed by atoms with van der Waals surface area (Å²) >= 11 is 1.79. The second-order valence-electron chi connectivity index (χ2n) is 7.01. The molecule has 3 heterocycles. The molecule has 0 aromatic carbocycles. The first-order valence-electron chi connectivity index (χ1n) is 9.47. The molecule has 4 rings (SSSR count). The minimum Gasteiger partial charge on any atom is -0.383 e. The lowest BCUT2D eigenvalue weighted by Crippen LogP contribution is -2.51. The molecule has 2 aliphatic rings. The van der Waals surface area contributed by atoms with Crippen LogP contribution in [0.2, 0.25) is 0 Å². The van der Waals surface area contributed by atoms with E-state index in [-0.39, 0.29) is 6.03 Å². The van der Waals surface area contributed by atoms with Gasteiger partial charge in [0.2, 0.25) is 0 Å². The van der Waals surface area contributed by atoms with Crippen LogP contribution in [0.15, 0.2) is 0 Å². The predicted octanol–water partition coefficient (Wildman–Crippen LogP) is 2.00. The van der Waals surface area contributed by atoms with Crippen LogP contribution in [0.1, 0.15) is 36.0 Å². The molecule has 0 spiro atoms. The van der Waals surface area contributed by atoms with Crippen molar-refractivity contribution in [3.63, 3.8) is 0 Å². The Morgan fingerprint density at radius 2 is 1.96 bits per heavy atom. The number of nitrogens with one attached hydrogen (secondary N) is 1. The van der Waals surface area contributed by atoms with Crippen LogP contribution in [0.4, 0.5) is 10.6 Å². The van der Waals surface area contributed by atoms with Gasteiger partial charge in [0, 0.05) is 37.6 Å². The number of nitrogen functional groups attached to an aromatic ring is 1. The molecule has 0 atom stereocenters. The smallest absolute Gasteiger partial charge is 0.317 e. The number of carbonyl (C=O) groups excluding carboxylic acids is 1. The highest BCUT2D eigenvalue weighted by atomic mass is 32.1. The Kier molecular flexibility index (Phi) is 4.95. The molecule has 0 saturated carbocycles. The van der Waals surface area contributed by atoms with Gasteiger partial charge in [0.1, 0.15) is 16.5 Å². The third kappa shape index (κ3) is 3.35. The fourth-order valence-electron chi connectivity index (χ4n) is 3.87. The zero-order valence-corrected chi connectivity index (χ0v) is 16.1. The second kappa shape index (κ2) is 7.36. The number of hydrogen-bond donors (Lipinski definition) is 2. The van der Waals surface area contributed by atoms with Crippen LogP contribution >= 0.6 is 11.3 Å². The Balaban J connectivity index is 1.46. The van der Waals surface area contributed by atoms with Crippen molar-refractivity contribution in [2.24, 2.45) is 0 Å². The van der Waals surface area contributed by atoms with E-state index in [1.54, 1.807) is 11.3 Å². The Hall–Kier alpha value is -1.93. The zero-order chi connectivity index (χ0) is 18.1. The lowest BCUT2D eigenvalue weighted by Gasteiger charge is -2.34. The van der Waals surface area contributed by atoms with E-state index < -0.39 is 0 Å². The van der Waals surface area contributed by atoms with E-state index in [2.05, 4.69) is 15.2 Å². The summed E-state index contributed by atoms with van der Waals surface area (Å²) < 4.78 is 0. The van der Waals surface area contributed by atoms with Crippen LogP contribution in [0, 0.1) is 0 Å². The number of urea groups is 1. The number of thiophene rings is 1. The van der Waals surface area contributed by atoms with Gasteiger partial charge in [0.25, 0.3) is 0 Å². The number of amides is 2. The number of carbonyl (C=O) groups is 1. The van der Waals surface area contributed by atoms with Gasteiger partial charge in [0.05, 0.1) is 11.9 Å². The summed E-state index contributed by atoms with van der Waals surface area (Å²) in [4.78, 5) is 28.0. The SMILES string of the molecule is CCNC(=O)N1CCN(Cc2nc(N)c3c4c(sc3n2)CCCC4)CC1. The van der Waals surface area contributed by atoms with E-state index in [9.17, 15) is 4.79 Å². The third-order valence-corrected chi connectivity index (χ3v) is 6.43. The number of nitrogens with two attached hydrogens (primary N) is 1. The van der Waals surface area contributed by atoms with Crippen molar-refractivity contribution < 1.29 is 4.79 Å². The normalized spacial score (nSPS) is 18.1. The first kappa shape index (κ1) is 17.5. The summed E-state index contributed by atoms with van der Waals surface area (Å²) in [6.45, 7) is 6.42. The first-order chi connectivity index (χ1) is 12.7.